The van der Waals surface area contributed by atoms with Crippen LogP contribution in [-0.4, -0.2) is 0 Å². The van der Waals surface area contributed by atoms with Crippen LogP contribution in [0.2, 0.25) is 0 Å². The van der Waals surface area contributed by atoms with Gasteiger partial charge in [-0.1, -0.05) is 85.4 Å². The fraction of sp³-hybridized carbons (Fsp3) is 0.263. The molecule has 1 rings (SSSR count). The largest absolute Gasteiger partial charge is 0.0877 e. The second-order valence-corrected chi connectivity index (χ2v) is 4.70. The predicted octanol–water partition coefficient (Wildman–Crippen LogP) is 5.70. The average molecular weight is 252 g/mol. The summed E-state index contributed by atoms with van der Waals surface area (Å²) in [4.78, 5) is 0. The fourth-order valence-electron chi connectivity index (χ4n) is 1.73. The SMILES string of the molecule is C\C=C/C=C/C=C\C1=CC(C)/C(C)=C\C=C/C/C=C\1. The van der Waals surface area contributed by atoms with Crippen LogP contribution in [0.25, 0.3) is 0 Å². The first-order valence-electron chi connectivity index (χ1n) is 6.91. The molecule has 19 heavy (non-hydrogen) atoms. The van der Waals surface area contributed by atoms with E-state index < -0.39 is 0 Å². The van der Waals surface area contributed by atoms with Crippen molar-refractivity contribution in [2.45, 2.75) is 27.2 Å². The minimum atomic E-state index is 0.464. The Bertz CT molecular complexity index is 462. The number of hydrogen-bond donors (Lipinski definition) is 0. The van der Waals surface area contributed by atoms with E-state index in [2.05, 4.69) is 68.5 Å². The molecule has 1 aliphatic carbocycles. The molecule has 0 N–H and O–H groups in total. The Balaban J connectivity index is 2.83. The van der Waals surface area contributed by atoms with Crippen molar-refractivity contribution in [3.05, 3.63) is 84.1 Å². The highest BCUT2D eigenvalue weighted by molar-refractivity contribution is 5.36. The Hall–Kier alpha value is -1.82. The van der Waals surface area contributed by atoms with Crippen LogP contribution in [0.1, 0.15) is 27.2 Å². The molecule has 0 aromatic carbocycles. The van der Waals surface area contributed by atoms with Crippen LogP contribution in [0.3, 0.4) is 0 Å². The van der Waals surface area contributed by atoms with Crippen LogP contribution in [0.4, 0.5) is 0 Å². The zero-order valence-electron chi connectivity index (χ0n) is 12.2. The summed E-state index contributed by atoms with van der Waals surface area (Å²) >= 11 is 0. The fourth-order valence-corrected chi connectivity index (χ4v) is 1.73. The lowest BCUT2D eigenvalue weighted by Crippen LogP contribution is -1.93. The highest BCUT2D eigenvalue weighted by Gasteiger charge is 2.00. The van der Waals surface area contributed by atoms with Crippen molar-refractivity contribution in [2.24, 2.45) is 5.92 Å². The zero-order chi connectivity index (χ0) is 13.9. The molecule has 0 spiro atoms. The van der Waals surface area contributed by atoms with Gasteiger partial charge in [-0.25, -0.2) is 0 Å². The van der Waals surface area contributed by atoms with E-state index in [1.54, 1.807) is 0 Å². The van der Waals surface area contributed by atoms with Gasteiger partial charge in [-0.05, 0) is 31.8 Å². The molecule has 0 heterocycles. The van der Waals surface area contributed by atoms with Crippen molar-refractivity contribution in [3.63, 3.8) is 0 Å². The van der Waals surface area contributed by atoms with E-state index in [1.807, 2.05) is 25.2 Å². The van der Waals surface area contributed by atoms with Crippen molar-refractivity contribution in [3.8, 4) is 0 Å². The smallest absolute Gasteiger partial charge is 0.00423 e. The van der Waals surface area contributed by atoms with E-state index in [0.29, 0.717) is 5.92 Å². The molecule has 0 saturated heterocycles. The van der Waals surface area contributed by atoms with Gasteiger partial charge in [-0.2, -0.15) is 0 Å². The van der Waals surface area contributed by atoms with E-state index in [9.17, 15) is 0 Å². The normalized spacial score (nSPS) is 27.4. The molecule has 0 fully saturated rings. The van der Waals surface area contributed by atoms with E-state index in [4.69, 9.17) is 0 Å². The van der Waals surface area contributed by atoms with Crippen LogP contribution >= 0.6 is 0 Å². The van der Waals surface area contributed by atoms with Crippen molar-refractivity contribution >= 4 is 0 Å². The van der Waals surface area contributed by atoms with Crippen molar-refractivity contribution in [2.75, 3.05) is 0 Å². The lowest BCUT2D eigenvalue weighted by molar-refractivity contribution is 0.858. The Morgan fingerprint density at radius 3 is 2.68 bits per heavy atom. The first-order valence-corrected chi connectivity index (χ1v) is 6.91. The molecule has 0 aromatic rings. The lowest BCUT2D eigenvalue weighted by atomic mass is 9.98. The van der Waals surface area contributed by atoms with Gasteiger partial charge in [-0.3, -0.25) is 0 Å². The molecular weight excluding hydrogens is 228 g/mol. The van der Waals surface area contributed by atoms with Gasteiger partial charge in [0, 0.05) is 0 Å². The molecule has 0 aliphatic heterocycles. The van der Waals surface area contributed by atoms with Gasteiger partial charge in [0.2, 0.25) is 0 Å². The summed E-state index contributed by atoms with van der Waals surface area (Å²) in [5, 5.41) is 0. The third-order valence-electron chi connectivity index (χ3n) is 3.05. The lowest BCUT2D eigenvalue weighted by Gasteiger charge is -2.08. The van der Waals surface area contributed by atoms with E-state index >= 15 is 0 Å². The molecule has 1 atom stereocenters. The molecule has 0 aromatic heterocycles. The predicted molar refractivity (Wildman–Crippen MR) is 87.0 cm³/mol. The maximum atomic E-state index is 2.31. The Kier molecular flexibility index (Phi) is 7.34. The van der Waals surface area contributed by atoms with Crippen LogP contribution in [-0.2, 0) is 0 Å². The molecule has 0 bridgehead atoms. The van der Waals surface area contributed by atoms with Crippen LogP contribution in [0, 0.1) is 5.92 Å². The molecular formula is C19H24. The minimum absolute atomic E-state index is 0.464. The monoisotopic (exact) mass is 252 g/mol. The second-order valence-electron chi connectivity index (χ2n) is 4.70. The summed E-state index contributed by atoms with van der Waals surface area (Å²) in [5.41, 5.74) is 2.66. The van der Waals surface area contributed by atoms with Crippen molar-refractivity contribution in [1.29, 1.82) is 0 Å². The molecule has 0 nitrogen and oxygen atoms in total. The summed E-state index contributed by atoms with van der Waals surface area (Å²) in [7, 11) is 0. The van der Waals surface area contributed by atoms with Crippen LogP contribution in [0.5, 0.6) is 0 Å². The summed E-state index contributed by atoms with van der Waals surface area (Å²) in [6.45, 7) is 6.44. The van der Waals surface area contributed by atoms with Gasteiger partial charge >= 0.3 is 0 Å². The topological polar surface area (TPSA) is 0 Å². The van der Waals surface area contributed by atoms with E-state index in [1.165, 1.54) is 11.1 Å². The van der Waals surface area contributed by atoms with Crippen molar-refractivity contribution < 1.29 is 0 Å². The summed E-state index contributed by atoms with van der Waals surface area (Å²) in [6.07, 6.45) is 26.6. The first-order chi connectivity index (χ1) is 9.24. The molecule has 0 amide bonds. The summed E-state index contributed by atoms with van der Waals surface area (Å²) in [6, 6.07) is 0. The molecule has 1 aliphatic rings. The number of allylic oxidation sites excluding steroid dienone is 14. The third kappa shape index (κ3) is 6.61. The van der Waals surface area contributed by atoms with Crippen molar-refractivity contribution in [1.82, 2.24) is 0 Å². The molecule has 100 valence electrons. The Morgan fingerprint density at radius 2 is 1.89 bits per heavy atom. The number of rotatable bonds is 3. The molecule has 1 unspecified atom stereocenters. The molecule has 0 radical (unpaired) electrons. The van der Waals surface area contributed by atoms with Gasteiger partial charge in [0.1, 0.15) is 0 Å². The average Bonchev–Trinajstić information content (AvgIpc) is 2.41. The van der Waals surface area contributed by atoms with E-state index in [-0.39, 0.29) is 0 Å². The minimum Gasteiger partial charge on any atom is -0.0877 e. The van der Waals surface area contributed by atoms with E-state index in [0.717, 1.165) is 6.42 Å². The molecule has 0 heteroatoms. The zero-order valence-corrected chi connectivity index (χ0v) is 12.2. The Morgan fingerprint density at radius 1 is 1.11 bits per heavy atom. The standard InChI is InChI=1S/C19H24/c1-4-5-6-7-11-14-19-15-12-9-8-10-13-17(2)18(3)16-19/h4-8,10-16,18H,9H2,1-3H3/b5-4-,7-6+,10-8-,14-11-,15-12-,17-13-,19-16?. The highest BCUT2D eigenvalue weighted by atomic mass is 14.1. The molecule has 0 saturated carbocycles. The van der Waals surface area contributed by atoms with Gasteiger partial charge < -0.3 is 0 Å². The second kappa shape index (κ2) is 9.16. The Labute approximate surface area is 117 Å². The quantitative estimate of drug-likeness (QED) is 0.565. The van der Waals surface area contributed by atoms with Gasteiger partial charge in [-0.15, -0.1) is 0 Å². The summed E-state index contributed by atoms with van der Waals surface area (Å²) in [5.74, 6) is 0.464. The summed E-state index contributed by atoms with van der Waals surface area (Å²) < 4.78 is 0. The van der Waals surface area contributed by atoms with Gasteiger partial charge in [0.15, 0.2) is 0 Å². The maximum Gasteiger partial charge on any atom is -0.00423 e. The number of hydrogen-bond acceptors (Lipinski definition) is 0. The maximum absolute atomic E-state index is 2.31. The van der Waals surface area contributed by atoms with Crippen LogP contribution < -0.4 is 0 Å². The third-order valence-corrected chi connectivity index (χ3v) is 3.05. The van der Waals surface area contributed by atoms with Gasteiger partial charge in [0.25, 0.3) is 0 Å². The highest BCUT2D eigenvalue weighted by Crippen LogP contribution is 2.16. The van der Waals surface area contributed by atoms with Gasteiger partial charge in [0.05, 0.1) is 0 Å². The first kappa shape index (κ1) is 15.2. The van der Waals surface area contributed by atoms with Crippen LogP contribution in [0.15, 0.2) is 84.1 Å².